The molecule has 0 N–H and O–H groups in total. The van der Waals surface area contributed by atoms with E-state index in [1.165, 1.54) is 0 Å². The number of benzene rings is 1. The Labute approximate surface area is 145 Å². The predicted octanol–water partition coefficient (Wildman–Crippen LogP) is 4.25. The summed E-state index contributed by atoms with van der Waals surface area (Å²) >= 11 is 1.64. The van der Waals surface area contributed by atoms with Gasteiger partial charge >= 0.3 is 0 Å². The summed E-state index contributed by atoms with van der Waals surface area (Å²) in [6.45, 7) is 5.57. The van der Waals surface area contributed by atoms with E-state index in [0.717, 1.165) is 33.9 Å². The number of aryl methyl sites for hydroxylation is 2. The average Bonchev–Trinajstić information content (AvgIpc) is 2.56. The summed E-state index contributed by atoms with van der Waals surface area (Å²) in [6, 6.07) is 3.50. The van der Waals surface area contributed by atoms with Gasteiger partial charge in [0.2, 0.25) is 0 Å². The number of allylic oxidation sites excluding steroid dienone is 1. The van der Waals surface area contributed by atoms with Crippen molar-refractivity contribution >= 4 is 34.9 Å². The molecule has 0 spiro atoms. The van der Waals surface area contributed by atoms with E-state index in [1.54, 1.807) is 37.2 Å². The van der Waals surface area contributed by atoms with E-state index in [9.17, 15) is 10.1 Å². The van der Waals surface area contributed by atoms with Crippen LogP contribution in [0.4, 0.5) is 5.69 Å². The Morgan fingerprint density at radius 3 is 2.79 bits per heavy atom. The lowest BCUT2D eigenvalue weighted by Gasteiger charge is -2.09. The Hall–Kier alpha value is -2.28. The molecule has 6 nitrogen and oxygen atoms in total. The van der Waals surface area contributed by atoms with Crippen molar-refractivity contribution in [1.82, 2.24) is 0 Å². The Morgan fingerprint density at radius 1 is 1.25 bits per heavy atom. The second-order valence-electron chi connectivity index (χ2n) is 5.58. The van der Waals surface area contributed by atoms with Gasteiger partial charge in [0.05, 0.1) is 11.1 Å². The molecule has 0 aliphatic carbocycles. The van der Waals surface area contributed by atoms with E-state index < -0.39 is 0 Å². The van der Waals surface area contributed by atoms with Crippen molar-refractivity contribution in [2.24, 2.45) is 15.2 Å². The van der Waals surface area contributed by atoms with Crippen molar-refractivity contribution < 1.29 is 4.92 Å². The maximum Gasteiger partial charge on any atom is 0.272 e. The van der Waals surface area contributed by atoms with E-state index in [4.69, 9.17) is 0 Å². The van der Waals surface area contributed by atoms with E-state index >= 15 is 0 Å². The first-order valence-electron chi connectivity index (χ1n) is 7.63. The molecule has 1 aromatic rings. The van der Waals surface area contributed by atoms with Crippen molar-refractivity contribution in [3.63, 3.8) is 0 Å². The van der Waals surface area contributed by atoms with Crippen LogP contribution in [0.2, 0.25) is 0 Å². The highest BCUT2D eigenvalue weighted by atomic mass is 32.2. The van der Waals surface area contributed by atoms with Gasteiger partial charge in [0.1, 0.15) is 5.04 Å². The minimum atomic E-state index is -0.343. The number of thioether (sulfide) groups is 1. The third-order valence-corrected chi connectivity index (χ3v) is 4.52. The first kappa shape index (κ1) is 18.1. The molecule has 126 valence electrons. The molecular weight excluding hydrogens is 324 g/mol. The summed E-state index contributed by atoms with van der Waals surface area (Å²) in [4.78, 5) is 14.9. The smallest absolute Gasteiger partial charge is 0.269 e. The maximum absolute atomic E-state index is 11.0. The molecule has 1 aromatic carbocycles. The van der Waals surface area contributed by atoms with Crippen LogP contribution in [0.5, 0.6) is 0 Å². The molecule has 0 radical (unpaired) electrons. The lowest BCUT2D eigenvalue weighted by Crippen LogP contribution is -2.04. The standard InChI is InChI=1S/C17H20N4O2S/c1-12-10-18-5-4-6-24-17(20-19-11-12)9-15-7-14(3)16(21(22)23)8-13(15)2/h5,7-8,10-11H,4,6,9H2,1-3H3/b12-10-,18-5?,19-11-,20-17-. The fourth-order valence-electron chi connectivity index (χ4n) is 2.22. The molecule has 1 aliphatic rings. The van der Waals surface area contributed by atoms with Gasteiger partial charge in [-0.2, -0.15) is 5.10 Å². The Bertz CT molecular complexity index is 751. The minimum Gasteiger partial charge on any atom is -0.269 e. The molecule has 0 unspecified atom stereocenters. The normalized spacial score (nSPS) is 21.1. The van der Waals surface area contributed by atoms with Crippen molar-refractivity contribution in [2.75, 3.05) is 5.75 Å². The number of nitro benzene ring substituents is 1. The third-order valence-electron chi connectivity index (χ3n) is 3.52. The summed E-state index contributed by atoms with van der Waals surface area (Å²) in [6.07, 6.45) is 6.79. The second-order valence-corrected chi connectivity index (χ2v) is 6.75. The van der Waals surface area contributed by atoms with Crippen molar-refractivity contribution in [2.45, 2.75) is 33.6 Å². The highest BCUT2D eigenvalue weighted by molar-refractivity contribution is 8.13. The average molecular weight is 344 g/mol. The van der Waals surface area contributed by atoms with Crippen LogP contribution in [-0.4, -0.2) is 28.1 Å². The Kier molecular flexibility index (Phi) is 6.43. The van der Waals surface area contributed by atoms with Crippen molar-refractivity contribution in [3.8, 4) is 0 Å². The number of hydrogen-bond acceptors (Lipinski definition) is 6. The fraction of sp³-hybridized carbons (Fsp3) is 0.353. The minimum absolute atomic E-state index is 0.156. The summed E-state index contributed by atoms with van der Waals surface area (Å²) in [5.74, 6) is 0.871. The molecule has 0 amide bonds. The van der Waals surface area contributed by atoms with E-state index in [-0.39, 0.29) is 10.6 Å². The molecule has 1 heterocycles. The first-order chi connectivity index (χ1) is 11.5. The quantitative estimate of drug-likeness (QED) is 0.607. The molecule has 1 aliphatic heterocycles. The van der Waals surface area contributed by atoms with Crippen LogP contribution in [0.1, 0.15) is 30.0 Å². The summed E-state index contributed by atoms with van der Waals surface area (Å²) in [7, 11) is 0. The zero-order chi connectivity index (χ0) is 17.5. The zero-order valence-corrected chi connectivity index (χ0v) is 14.8. The van der Waals surface area contributed by atoms with E-state index in [2.05, 4.69) is 15.2 Å². The monoisotopic (exact) mass is 344 g/mol. The molecule has 2 rings (SSSR count). The van der Waals surface area contributed by atoms with Crippen LogP contribution in [0.15, 0.2) is 39.1 Å². The topological polar surface area (TPSA) is 80.2 Å². The Balaban J connectivity index is 2.25. The number of nitrogens with zero attached hydrogens (tertiary/aromatic N) is 4. The molecule has 0 aromatic heterocycles. The molecule has 0 fully saturated rings. The summed E-state index contributed by atoms with van der Waals surface area (Å²) in [5, 5.41) is 20.4. The highest BCUT2D eigenvalue weighted by Gasteiger charge is 2.14. The highest BCUT2D eigenvalue weighted by Crippen LogP contribution is 2.24. The van der Waals surface area contributed by atoms with Crippen LogP contribution >= 0.6 is 11.8 Å². The molecule has 0 atom stereocenters. The van der Waals surface area contributed by atoms with Crippen LogP contribution in [0, 0.1) is 24.0 Å². The van der Waals surface area contributed by atoms with Crippen molar-refractivity contribution in [1.29, 1.82) is 0 Å². The van der Waals surface area contributed by atoms with Crippen molar-refractivity contribution in [3.05, 3.63) is 50.7 Å². The van der Waals surface area contributed by atoms with Gasteiger partial charge < -0.3 is 0 Å². The predicted molar refractivity (Wildman–Crippen MR) is 102 cm³/mol. The van der Waals surface area contributed by atoms with Gasteiger partial charge in [0, 0.05) is 36.2 Å². The van der Waals surface area contributed by atoms with E-state index in [0.29, 0.717) is 12.0 Å². The van der Waals surface area contributed by atoms with Gasteiger partial charge in [0.15, 0.2) is 0 Å². The summed E-state index contributed by atoms with van der Waals surface area (Å²) < 4.78 is 0. The molecule has 0 bridgehead atoms. The Morgan fingerprint density at radius 2 is 2.04 bits per heavy atom. The molecule has 24 heavy (non-hydrogen) atoms. The third kappa shape index (κ3) is 5.13. The van der Waals surface area contributed by atoms with Gasteiger partial charge in [-0.15, -0.1) is 16.9 Å². The second kappa shape index (κ2) is 8.54. The van der Waals surface area contributed by atoms with Gasteiger partial charge in [0.25, 0.3) is 5.69 Å². The fourth-order valence-corrected chi connectivity index (χ4v) is 3.04. The van der Waals surface area contributed by atoms with Crippen LogP contribution in [-0.2, 0) is 6.42 Å². The molecule has 7 heteroatoms. The lowest BCUT2D eigenvalue weighted by atomic mass is 10.0. The molecular formula is C17H20N4O2S. The summed E-state index contributed by atoms with van der Waals surface area (Å²) in [5.41, 5.74) is 3.69. The van der Waals surface area contributed by atoms with E-state index in [1.807, 2.05) is 26.1 Å². The maximum atomic E-state index is 11.0. The number of nitro groups is 1. The molecule has 0 saturated heterocycles. The number of hydrogen-bond donors (Lipinski definition) is 0. The van der Waals surface area contributed by atoms with Crippen LogP contribution in [0.3, 0.4) is 0 Å². The lowest BCUT2D eigenvalue weighted by molar-refractivity contribution is -0.385. The number of aliphatic imine (C=N–C) groups is 1. The zero-order valence-electron chi connectivity index (χ0n) is 14.0. The van der Waals surface area contributed by atoms with Gasteiger partial charge in [-0.05, 0) is 50.0 Å². The number of rotatable bonds is 3. The van der Waals surface area contributed by atoms with Gasteiger partial charge in [-0.3, -0.25) is 15.1 Å². The van der Waals surface area contributed by atoms with Crippen LogP contribution in [0.25, 0.3) is 0 Å². The first-order valence-corrected chi connectivity index (χ1v) is 8.61. The molecule has 0 saturated carbocycles. The van der Waals surface area contributed by atoms with Crippen LogP contribution < -0.4 is 0 Å². The SMILES string of the molecule is CC1=C/N=CCCS\C(Cc2cc(C)c([N+](=O)[O-])cc2C)=N/N=C\1. The van der Waals surface area contributed by atoms with Gasteiger partial charge in [-0.1, -0.05) is 0 Å². The largest absolute Gasteiger partial charge is 0.272 e. The van der Waals surface area contributed by atoms with Gasteiger partial charge in [-0.25, -0.2) is 0 Å².